The molecular weight excluding hydrogens is 367 g/mol. The number of nitrogens with zero attached hydrogens (tertiary/aromatic N) is 1. The molecule has 5 nitrogen and oxygen atoms in total. The summed E-state index contributed by atoms with van der Waals surface area (Å²) in [5, 5.41) is 9.55. The topological polar surface area (TPSA) is 65.5 Å². The SMILES string of the molecule is CN=C(NCCNC(=O)C(C)(C)C)NC1CCCC1.I. The van der Waals surface area contributed by atoms with Crippen molar-refractivity contribution in [1.82, 2.24) is 16.0 Å². The maximum Gasteiger partial charge on any atom is 0.225 e. The van der Waals surface area contributed by atoms with E-state index in [1.165, 1.54) is 25.7 Å². The number of hydrogen-bond acceptors (Lipinski definition) is 2. The van der Waals surface area contributed by atoms with E-state index in [4.69, 9.17) is 0 Å². The van der Waals surface area contributed by atoms with Crippen LogP contribution in [0.3, 0.4) is 0 Å². The summed E-state index contributed by atoms with van der Waals surface area (Å²) in [6.07, 6.45) is 5.05. The largest absolute Gasteiger partial charge is 0.355 e. The molecule has 1 amide bonds. The third-order valence-electron chi connectivity index (χ3n) is 3.30. The Labute approximate surface area is 139 Å². The zero-order valence-electron chi connectivity index (χ0n) is 13.1. The zero-order chi connectivity index (χ0) is 14.3. The Hall–Kier alpha value is -0.530. The fourth-order valence-corrected chi connectivity index (χ4v) is 2.08. The van der Waals surface area contributed by atoms with Crippen molar-refractivity contribution in [3.8, 4) is 0 Å². The summed E-state index contributed by atoms with van der Waals surface area (Å²) in [5.41, 5.74) is -0.330. The molecule has 1 rings (SSSR count). The minimum absolute atomic E-state index is 0. The molecule has 0 aromatic rings. The molecule has 20 heavy (non-hydrogen) atoms. The lowest BCUT2D eigenvalue weighted by atomic mass is 9.96. The van der Waals surface area contributed by atoms with E-state index in [0.29, 0.717) is 19.1 Å². The minimum atomic E-state index is -0.330. The summed E-state index contributed by atoms with van der Waals surface area (Å²) in [4.78, 5) is 15.9. The van der Waals surface area contributed by atoms with Crippen LogP contribution in [-0.2, 0) is 4.79 Å². The molecule has 0 aliphatic heterocycles. The van der Waals surface area contributed by atoms with Crippen LogP contribution in [0.15, 0.2) is 4.99 Å². The highest BCUT2D eigenvalue weighted by Crippen LogP contribution is 2.17. The summed E-state index contributed by atoms with van der Waals surface area (Å²) in [7, 11) is 1.78. The fraction of sp³-hybridized carbons (Fsp3) is 0.857. The Balaban J connectivity index is 0.00000361. The van der Waals surface area contributed by atoms with Crippen LogP contribution in [0.25, 0.3) is 0 Å². The van der Waals surface area contributed by atoms with Crippen molar-refractivity contribution in [3.63, 3.8) is 0 Å². The van der Waals surface area contributed by atoms with Crippen molar-refractivity contribution in [2.45, 2.75) is 52.5 Å². The molecule has 3 N–H and O–H groups in total. The second kappa shape index (κ2) is 9.41. The van der Waals surface area contributed by atoms with Gasteiger partial charge in [-0.25, -0.2) is 0 Å². The van der Waals surface area contributed by atoms with Crippen molar-refractivity contribution in [2.75, 3.05) is 20.1 Å². The van der Waals surface area contributed by atoms with Gasteiger partial charge in [-0.1, -0.05) is 33.6 Å². The Kier molecular flexibility index (Phi) is 9.16. The van der Waals surface area contributed by atoms with Crippen molar-refractivity contribution in [2.24, 2.45) is 10.4 Å². The number of hydrogen-bond donors (Lipinski definition) is 3. The summed E-state index contributed by atoms with van der Waals surface area (Å²) >= 11 is 0. The lowest BCUT2D eigenvalue weighted by molar-refractivity contribution is -0.128. The van der Waals surface area contributed by atoms with Crippen molar-refractivity contribution < 1.29 is 4.79 Å². The number of carbonyl (C=O) groups is 1. The fourth-order valence-electron chi connectivity index (χ4n) is 2.08. The molecule has 1 saturated carbocycles. The first kappa shape index (κ1) is 19.5. The lowest BCUT2D eigenvalue weighted by Crippen LogP contribution is -2.45. The third kappa shape index (κ3) is 7.31. The Morgan fingerprint density at radius 1 is 1.15 bits per heavy atom. The maximum atomic E-state index is 11.7. The number of carbonyl (C=O) groups excluding carboxylic acids is 1. The Bertz CT molecular complexity index is 320. The van der Waals surface area contributed by atoms with E-state index >= 15 is 0 Å². The van der Waals surface area contributed by atoms with Gasteiger partial charge in [0.05, 0.1) is 0 Å². The number of halogens is 1. The second-order valence-electron chi connectivity index (χ2n) is 6.13. The average molecular weight is 396 g/mol. The monoisotopic (exact) mass is 396 g/mol. The predicted octanol–water partition coefficient (Wildman–Crippen LogP) is 1.87. The molecule has 1 aliphatic carbocycles. The molecule has 118 valence electrons. The third-order valence-corrected chi connectivity index (χ3v) is 3.30. The lowest BCUT2D eigenvalue weighted by Gasteiger charge is -2.19. The number of aliphatic imine (C=N–C) groups is 1. The van der Waals surface area contributed by atoms with Gasteiger partial charge in [0, 0.05) is 31.6 Å². The van der Waals surface area contributed by atoms with Crippen LogP contribution in [0.2, 0.25) is 0 Å². The van der Waals surface area contributed by atoms with Crippen LogP contribution < -0.4 is 16.0 Å². The number of rotatable bonds is 4. The van der Waals surface area contributed by atoms with Crippen LogP contribution in [0.1, 0.15) is 46.5 Å². The maximum absolute atomic E-state index is 11.7. The quantitative estimate of drug-likeness (QED) is 0.294. The predicted molar refractivity (Wildman–Crippen MR) is 94.6 cm³/mol. The minimum Gasteiger partial charge on any atom is -0.355 e. The average Bonchev–Trinajstić information content (AvgIpc) is 2.84. The normalized spacial score (nSPS) is 16.5. The van der Waals surface area contributed by atoms with Crippen LogP contribution in [0.4, 0.5) is 0 Å². The molecule has 6 heteroatoms. The Morgan fingerprint density at radius 3 is 2.20 bits per heavy atom. The molecule has 0 spiro atoms. The van der Waals surface area contributed by atoms with Gasteiger partial charge in [0.25, 0.3) is 0 Å². The summed E-state index contributed by atoms with van der Waals surface area (Å²) in [6.45, 7) is 7.04. The van der Waals surface area contributed by atoms with E-state index in [1.807, 2.05) is 20.8 Å². The summed E-state index contributed by atoms with van der Waals surface area (Å²) in [6, 6.07) is 0.551. The summed E-state index contributed by atoms with van der Waals surface area (Å²) < 4.78 is 0. The first-order valence-electron chi connectivity index (χ1n) is 7.19. The van der Waals surface area contributed by atoms with Gasteiger partial charge in [-0.05, 0) is 12.8 Å². The highest BCUT2D eigenvalue weighted by molar-refractivity contribution is 14.0. The van der Waals surface area contributed by atoms with Crippen LogP contribution in [0, 0.1) is 5.41 Å². The van der Waals surface area contributed by atoms with Gasteiger partial charge in [-0.3, -0.25) is 9.79 Å². The smallest absolute Gasteiger partial charge is 0.225 e. The highest BCUT2D eigenvalue weighted by Gasteiger charge is 2.20. The van der Waals surface area contributed by atoms with Crippen molar-refractivity contribution >= 4 is 35.8 Å². The molecule has 0 aromatic carbocycles. The molecule has 1 fully saturated rings. The molecule has 0 bridgehead atoms. The molecule has 0 saturated heterocycles. The first-order chi connectivity index (χ1) is 8.93. The highest BCUT2D eigenvalue weighted by atomic mass is 127. The van der Waals surface area contributed by atoms with Crippen molar-refractivity contribution in [3.05, 3.63) is 0 Å². The van der Waals surface area contributed by atoms with Gasteiger partial charge in [0.1, 0.15) is 0 Å². The molecule has 0 atom stereocenters. The van der Waals surface area contributed by atoms with Gasteiger partial charge in [-0.2, -0.15) is 0 Å². The van der Waals surface area contributed by atoms with Gasteiger partial charge >= 0.3 is 0 Å². The van der Waals surface area contributed by atoms with E-state index in [2.05, 4.69) is 20.9 Å². The van der Waals surface area contributed by atoms with Crippen LogP contribution >= 0.6 is 24.0 Å². The van der Waals surface area contributed by atoms with Gasteiger partial charge in [0.2, 0.25) is 5.91 Å². The second-order valence-corrected chi connectivity index (χ2v) is 6.13. The Morgan fingerprint density at radius 2 is 1.70 bits per heavy atom. The number of guanidine groups is 1. The zero-order valence-corrected chi connectivity index (χ0v) is 15.4. The standard InChI is InChI=1S/C14H28N4O.HI/c1-14(2,3)12(19)16-9-10-17-13(15-4)18-11-7-5-6-8-11;/h11H,5-10H2,1-4H3,(H,16,19)(H2,15,17,18);1H. The van der Waals surface area contributed by atoms with Gasteiger partial charge in [0.15, 0.2) is 5.96 Å². The van der Waals surface area contributed by atoms with Crippen LogP contribution in [-0.4, -0.2) is 38.0 Å². The first-order valence-corrected chi connectivity index (χ1v) is 7.19. The van der Waals surface area contributed by atoms with E-state index in [0.717, 1.165) is 5.96 Å². The van der Waals surface area contributed by atoms with E-state index in [9.17, 15) is 4.79 Å². The number of nitrogens with one attached hydrogen (secondary N) is 3. The molecular formula is C14H29IN4O. The molecule has 0 heterocycles. The molecule has 0 unspecified atom stereocenters. The van der Waals surface area contributed by atoms with E-state index in [-0.39, 0.29) is 35.3 Å². The van der Waals surface area contributed by atoms with Crippen molar-refractivity contribution in [1.29, 1.82) is 0 Å². The molecule has 1 aliphatic rings. The van der Waals surface area contributed by atoms with Crippen LogP contribution in [0.5, 0.6) is 0 Å². The summed E-state index contributed by atoms with van der Waals surface area (Å²) in [5.74, 6) is 0.907. The van der Waals surface area contributed by atoms with Gasteiger partial charge < -0.3 is 16.0 Å². The number of amides is 1. The van der Waals surface area contributed by atoms with E-state index in [1.54, 1.807) is 7.05 Å². The molecule has 0 aromatic heterocycles. The van der Waals surface area contributed by atoms with E-state index < -0.39 is 0 Å². The van der Waals surface area contributed by atoms with Gasteiger partial charge in [-0.15, -0.1) is 24.0 Å². The molecule has 0 radical (unpaired) electrons.